The first-order valence-electron chi connectivity index (χ1n) is 6.97. The molecule has 0 saturated carbocycles. The Morgan fingerprint density at radius 3 is 2.65 bits per heavy atom. The molecule has 0 bridgehead atoms. The van der Waals surface area contributed by atoms with E-state index < -0.39 is 12.0 Å². The third-order valence-corrected chi connectivity index (χ3v) is 3.52. The summed E-state index contributed by atoms with van der Waals surface area (Å²) in [5.74, 6) is -1.22. The topological polar surface area (TPSA) is 78.4 Å². The van der Waals surface area contributed by atoms with Gasteiger partial charge in [-0.1, -0.05) is 36.8 Å². The maximum Gasteiger partial charge on any atom is 0.326 e. The third-order valence-electron chi connectivity index (χ3n) is 3.52. The summed E-state index contributed by atoms with van der Waals surface area (Å²) in [6, 6.07) is 8.18. The van der Waals surface area contributed by atoms with Crippen LogP contribution in [0.2, 0.25) is 0 Å². The maximum absolute atomic E-state index is 12.1. The highest BCUT2D eigenvalue weighted by atomic mass is 16.4. The zero-order valence-electron chi connectivity index (χ0n) is 11.3. The molecule has 0 radical (unpaired) electrons. The van der Waals surface area contributed by atoms with Crippen molar-refractivity contribution in [3.8, 4) is 0 Å². The molecule has 1 amide bonds. The van der Waals surface area contributed by atoms with E-state index in [0.29, 0.717) is 6.42 Å². The van der Waals surface area contributed by atoms with E-state index in [-0.39, 0.29) is 11.9 Å². The Morgan fingerprint density at radius 2 is 2.05 bits per heavy atom. The summed E-state index contributed by atoms with van der Waals surface area (Å²) < 4.78 is 0. The first kappa shape index (κ1) is 14.5. The summed E-state index contributed by atoms with van der Waals surface area (Å²) in [5.41, 5.74) is 0.900. The first-order valence-corrected chi connectivity index (χ1v) is 6.97. The molecule has 3 N–H and O–H groups in total. The Kier molecular flexibility index (Phi) is 5.12. The number of hydrogen-bond acceptors (Lipinski definition) is 3. The second kappa shape index (κ2) is 7.05. The van der Waals surface area contributed by atoms with Crippen LogP contribution in [0.3, 0.4) is 0 Å². The van der Waals surface area contributed by atoms with E-state index in [1.807, 2.05) is 30.3 Å². The van der Waals surface area contributed by atoms with Gasteiger partial charge in [0.05, 0.1) is 6.04 Å². The molecule has 0 aromatic heterocycles. The van der Waals surface area contributed by atoms with Crippen LogP contribution >= 0.6 is 0 Å². The molecule has 1 heterocycles. The van der Waals surface area contributed by atoms with E-state index in [0.717, 1.165) is 31.4 Å². The number of carboxylic acid groups (broad SMARTS) is 1. The van der Waals surface area contributed by atoms with Gasteiger partial charge in [-0.25, -0.2) is 4.79 Å². The quantitative estimate of drug-likeness (QED) is 0.748. The molecule has 1 aliphatic rings. The van der Waals surface area contributed by atoms with E-state index in [1.54, 1.807) is 0 Å². The maximum atomic E-state index is 12.1. The van der Waals surface area contributed by atoms with Crippen molar-refractivity contribution in [1.82, 2.24) is 10.6 Å². The van der Waals surface area contributed by atoms with Crippen molar-refractivity contribution in [1.29, 1.82) is 0 Å². The highest BCUT2D eigenvalue weighted by Gasteiger charge is 2.26. The number of carbonyl (C=O) groups excluding carboxylic acids is 1. The molecule has 20 heavy (non-hydrogen) atoms. The van der Waals surface area contributed by atoms with Crippen LogP contribution in [0.5, 0.6) is 0 Å². The lowest BCUT2D eigenvalue weighted by molar-refractivity contribution is -0.142. The number of rotatable bonds is 5. The van der Waals surface area contributed by atoms with E-state index in [4.69, 9.17) is 0 Å². The van der Waals surface area contributed by atoms with E-state index >= 15 is 0 Å². The zero-order valence-corrected chi connectivity index (χ0v) is 11.3. The largest absolute Gasteiger partial charge is 0.480 e. The lowest BCUT2D eigenvalue weighted by Crippen LogP contribution is -2.52. The van der Waals surface area contributed by atoms with Crippen LogP contribution in [0.25, 0.3) is 0 Å². The van der Waals surface area contributed by atoms with E-state index in [1.165, 1.54) is 0 Å². The molecule has 0 spiro atoms. The molecule has 1 aliphatic heterocycles. The van der Waals surface area contributed by atoms with Crippen molar-refractivity contribution in [3.63, 3.8) is 0 Å². The lowest BCUT2D eigenvalue weighted by atomic mass is 10.0. The van der Waals surface area contributed by atoms with Gasteiger partial charge in [0, 0.05) is 6.42 Å². The fourth-order valence-electron chi connectivity index (χ4n) is 2.40. The monoisotopic (exact) mass is 276 g/mol. The summed E-state index contributed by atoms with van der Waals surface area (Å²) in [6.45, 7) is 0.814. The van der Waals surface area contributed by atoms with Gasteiger partial charge in [0.1, 0.15) is 6.04 Å². The summed E-state index contributed by atoms with van der Waals surface area (Å²) in [7, 11) is 0. The van der Waals surface area contributed by atoms with Gasteiger partial charge < -0.3 is 15.7 Å². The van der Waals surface area contributed by atoms with Crippen LogP contribution in [-0.4, -0.2) is 35.6 Å². The fourth-order valence-corrected chi connectivity index (χ4v) is 2.40. The van der Waals surface area contributed by atoms with E-state index in [9.17, 15) is 14.7 Å². The van der Waals surface area contributed by atoms with Gasteiger partial charge in [0.2, 0.25) is 5.91 Å². The van der Waals surface area contributed by atoms with Gasteiger partial charge in [-0.15, -0.1) is 0 Å². The zero-order chi connectivity index (χ0) is 14.4. The van der Waals surface area contributed by atoms with Gasteiger partial charge in [-0.05, 0) is 24.9 Å². The highest BCUT2D eigenvalue weighted by Crippen LogP contribution is 2.08. The normalized spacial score (nSPS) is 20.1. The fraction of sp³-hybridized carbons (Fsp3) is 0.467. The molecule has 5 heteroatoms. The molecule has 1 saturated heterocycles. The van der Waals surface area contributed by atoms with Crippen molar-refractivity contribution in [2.24, 2.45) is 0 Å². The highest BCUT2D eigenvalue weighted by molar-refractivity contribution is 5.87. The van der Waals surface area contributed by atoms with Crippen molar-refractivity contribution >= 4 is 11.9 Å². The Morgan fingerprint density at radius 1 is 1.30 bits per heavy atom. The molecular formula is C15H20N2O3. The number of nitrogens with one attached hydrogen (secondary N) is 2. The first-order chi connectivity index (χ1) is 9.66. The minimum Gasteiger partial charge on any atom is -0.480 e. The Balaban J connectivity index is 1.95. The third kappa shape index (κ3) is 4.06. The van der Waals surface area contributed by atoms with Crippen molar-refractivity contribution in [3.05, 3.63) is 35.9 Å². The van der Waals surface area contributed by atoms with Crippen LogP contribution < -0.4 is 10.6 Å². The number of piperidine rings is 1. The average molecular weight is 276 g/mol. The number of amides is 1. The molecule has 0 aliphatic carbocycles. The Labute approximate surface area is 118 Å². The second-order valence-corrected chi connectivity index (χ2v) is 5.09. The number of hydrogen-bond donors (Lipinski definition) is 3. The molecule has 2 rings (SSSR count). The van der Waals surface area contributed by atoms with Crippen LogP contribution in [0, 0.1) is 0 Å². The summed E-state index contributed by atoms with van der Waals surface area (Å²) >= 11 is 0. The van der Waals surface area contributed by atoms with E-state index in [2.05, 4.69) is 10.6 Å². The van der Waals surface area contributed by atoms with Crippen LogP contribution in [-0.2, 0) is 16.0 Å². The average Bonchev–Trinajstić information content (AvgIpc) is 2.48. The predicted molar refractivity (Wildman–Crippen MR) is 75.4 cm³/mol. The summed E-state index contributed by atoms with van der Waals surface area (Å²) in [4.78, 5) is 23.4. The van der Waals surface area contributed by atoms with Crippen molar-refractivity contribution in [2.75, 3.05) is 6.54 Å². The molecule has 108 valence electrons. The summed E-state index contributed by atoms with van der Waals surface area (Å²) in [6.07, 6.45) is 3.13. The van der Waals surface area contributed by atoms with Gasteiger partial charge in [0.15, 0.2) is 0 Å². The molecule has 1 aromatic carbocycles. The van der Waals surface area contributed by atoms with Crippen LogP contribution in [0.15, 0.2) is 30.3 Å². The Hall–Kier alpha value is -1.88. The van der Waals surface area contributed by atoms with Crippen molar-refractivity contribution < 1.29 is 14.7 Å². The molecule has 1 fully saturated rings. The van der Waals surface area contributed by atoms with Crippen LogP contribution in [0.4, 0.5) is 0 Å². The second-order valence-electron chi connectivity index (χ2n) is 5.09. The number of aliphatic carboxylic acids is 1. The predicted octanol–water partition coefficient (Wildman–Crippen LogP) is 0.941. The number of carbonyl (C=O) groups is 2. The molecule has 1 unspecified atom stereocenters. The molecule has 2 atom stereocenters. The smallest absolute Gasteiger partial charge is 0.326 e. The van der Waals surface area contributed by atoms with Gasteiger partial charge in [0.25, 0.3) is 0 Å². The molecular weight excluding hydrogens is 256 g/mol. The van der Waals surface area contributed by atoms with Crippen molar-refractivity contribution in [2.45, 2.75) is 37.8 Å². The Bertz CT molecular complexity index is 455. The van der Waals surface area contributed by atoms with Gasteiger partial charge in [-0.2, -0.15) is 0 Å². The molecule has 5 nitrogen and oxygen atoms in total. The summed E-state index contributed by atoms with van der Waals surface area (Å²) in [5, 5.41) is 15.0. The SMILES string of the molecule is O=C(N[C@@H](Cc1ccccc1)C(=O)O)C1CCCCN1. The van der Waals surface area contributed by atoms with Crippen LogP contribution in [0.1, 0.15) is 24.8 Å². The minimum atomic E-state index is -1.00. The molecule has 1 aromatic rings. The minimum absolute atomic E-state index is 0.215. The number of benzene rings is 1. The standard InChI is InChI=1S/C15H20N2O3/c18-14(12-8-4-5-9-16-12)17-13(15(19)20)10-11-6-2-1-3-7-11/h1-3,6-7,12-13,16H,4-5,8-10H2,(H,17,18)(H,19,20)/t12?,13-/m0/s1. The van der Waals surface area contributed by atoms with Gasteiger partial charge in [-0.3, -0.25) is 4.79 Å². The number of carboxylic acids is 1. The lowest BCUT2D eigenvalue weighted by Gasteiger charge is -2.24. The van der Waals surface area contributed by atoms with Gasteiger partial charge >= 0.3 is 5.97 Å².